The van der Waals surface area contributed by atoms with Crippen LogP contribution < -0.4 is 0 Å². The van der Waals surface area contributed by atoms with Crippen LogP contribution in [0.4, 0.5) is 0 Å². The van der Waals surface area contributed by atoms with Gasteiger partial charge >= 0.3 is 0 Å². The summed E-state index contributed by atoms with van der Waals surface area (Å²) >= 11 is 0. The fraction of sp³-hybridized carbons (Fsp3) is 0.714. The van der Waals surface area contributed by atoms with Crippen molar-refractivity contribution >= 4 is 11.8 Å². The first kappa shape index (κ1) is 19.3. The lowest BCUT2D eigenvalue weighted by molar-refractivity contribution is -0.137. The van der Waals surface area contributed by atoms with Crippen molar-refractivity contribution in [2.24, 2.45) is 0 Å². The summed E-state index contributed by atoms with van der Waals surface area (Å²) < 4.78 is 0. The van der Waals surface area contributed by atoms with Crippen molar-refractivity contribution in [1.29, 1.82) is 0 Å². The third kappa shape index (κ3) is 3.90. The van der Waals surface area contributed by atoms with E-state index in [4.69, 9.17) is 4.98 Å². The fourth-order valence-electron chi connectivity index (χ4n) is 4.70. The molecule has 0 bridgehead atoms. The van der Waals surface area contributed by atoms with E-state index in [1.165, 1.54) is 12.8 Å². The largest absolute Gasteiger partial charge is 0.341 e. The molecule has 0 radical (unpaired) electrons. The first-order chi connectivity index (χ1) is 13.5. The Morgan fingerprint density at radius 3 is 2.46 bits per heavy atom. The van der Waals surface area contributed by atoms with Crippen molar-refractivity contribution < 1.29 is 9.59 Å². The van der Waals surface area contributed by atoms with E-state index >= 15 is 0 Å². The lowest BCUT2D eigenvalue weighted by Crippen LogP contribution is -2.48. The Morgan fingerprint density at radius 2 is 1.79 bits per heavy atom. The lowest BCUT2D eigenvalue weighted by Gasteiger charge is -2.35. The van der Waals surface area contributed by atoms with Crippen LogP contribution in [0.5, 0.6) is 0 Å². The van der Waals surface area contributed by atoms with Gasteiger partial charge in [-0.25, -0.2) is 9.97 Å². The highest BCUT2D eigenvalue weighted by Gasteiger charge is 2.32. The summed E-state index contributed by atoms with van der Waals surface area (Å²) in [5.74, 6) is 1.61. The van der Waals surface area contributed by atoms with Gasteiger partial charge in [-0.3, -0.25) is 14.5 Å². The topological polar surface area (TPSA) is 69.6 Å². The van der Waals surface area contributed by atoms with Crippen LogP contribution in [0, 0.1) is 0 Å². The normalized spacial score (nSPS) is 22.2. The van der Waals surface area contributed by atoms with Crippen LogP contribution in [0.15, 0.2) is 6.20 Å². The van der Waals surface area contributed by atoms with Crippen molar-refractivity contribution in [3.8, 4) is 0 Å². The summed E-state index contributed by atoms with van der Waals surface area (Å²) in [6, 6.07) is 0.00302. The van der Waals surface area contributed by atoms with E-state index in [2.05, 4.69) is 16.8 Å². The van der Waals surface area contributed by atoms with Gasteiger partial charge in [-0.1, -0.05) is 0 Å². The molecule has 1 aromatic rings. The van der Waals surface area contributed by atoms with E-state index in [0.717, 1.165) is 69.1 Å². The number of rotatable bonds is 3. The summed E-state index contributed by atoms with van der Waals surface area (Å²) in [5, 5.41) is 0. The number of aromatic nitrogens is 2. The second kappa shape index (κ2) is 8.15. The minimum absolute atomic E-state index is 0.00302. The van der Waals surface area contributed by atoms with E-state index in [1.807, 2.05) is 16.0 Å². The zero-order chi connectivity index (χ0) is 19.7. The van der Waals surface area contributed by atoms with Crippen molar-refractivity contribution in [3.05, 3.63) is 23.3 Å². The molecule has 2 saturated heterocycles. The maximum absolute atomic E-state index is 12.8. The third-order valence-electron chi connectivity index (χ3n) is 6.62. The van der Waals surface area contributed by atoms with Gasteiger partial charge in [0.25, 0.3) is 0 Å². The predicted octanol–water partition coefficient (Wildman–Crippen LogP) is 1.57. The number of nitrogens with zero attached hydrogens (tertiary/aromatic N) is 5. The molecule has 0 saturated carbocycles. The molecule has 152 valence electrons. The van der Waals surface area contributed by atoms with Crippen LogP contribution >= 0.6 is 0 Å². The highest BCUT2D eigenvalue weighted by Crippen LogP contribution is 2.28. The molecule has 0 aliphatic carbocycles. The van der Waals surface area contributed by atoms with E-state index in [1.54, 1.807) is 6.92 Å². The molecule has 28 heavy (non-hydrogen) atoms. The number of carbonyl (C=O) groups is 2. The second-order valence-electron chi connectivity index (χ2n) is 8.41. The molecule has 0 unspecified atom stereocenters. The van der Waals surface area contributed by atoms with Gasteiger partial charge in [0.15, 0.2) is 0 Å². The minimum atomic E-state index is 0.00302. The maximum atomic E-state index is 12.8. The molecule has 1 atom stereocenters. The second-order valence-corrected chi connectivity index (χ2v) is 8.41. The molecule has 0 spiro atoms. The number of likely N-dealkylation sites (tertiary alicyclic amines) is 2. The molecule has 0 N–H and O–H groups in total. The highest BCUT2D eigenvalue weighted by molar-refractivity contribution is 5.81. The van der Waals surface area contributed by atoms with E-state index in [-0.39, 0.29) is 17.9 Å². The molecule has 7 heteroatoms. The molecule has 4 heterocycles. The van der Waals surface area contributed by atoms with Gasteiger partial charge in [-0.15, -0.1) is 0 Å². The number of piperidine rings is 1. The van der Waals surface area contributed by atoms with Crippen LogP contribution in [0.25, 0.3) is 0 Å². The number of fused-ring (bicyclic) bond motifs is 1. The predicted molar refractivity (Wildman–Crippen MR) is 106 cm³/mol. The standard InChI is InChI=1S/C21H31N5O2/c1-15(24-8-3-4-9-24)21(28)25-10-5-17(6-11-25)20-22-13-18-14-26(16(2)27)12-7-19(18)23-20/h13,15,17H,3-12,14H2,1-2H3/t15-/m1/s1. The van der Waals surface area contributed by atoms with Gasteiger partial charge in [0.05, 0.1) is 11.7 Å². The van der Waals surface area contributed by atoms with E-state index in [0.29, 0.717) is 12.5 Å². The van der Waals surface area contributed by atoms with Crippen LogP contribution in [-0.2, 0) is 22.6 Å². The molecule has 3 aliphatic rings. The molecule has 2 fully saturated rings. The van der Waals surface area contributed by atoms with Gasteiger partial charge in [0, 0.05) is 57.2 Å². The first-order valence-corrected chi connectivity index (χ1v) is 10.7. The molecular weight excluding hydrogens is 354 g/mol. The maximum Gasteiger partial charge on any atom is 0.239 e. The SMILES string of the molecule is CC(=O)N1CCc2nc(C3CCN(C(=O)[C@@H](C)N4CCCC4)CC3)ncc2C1. The Bertz CT molecular complexity index is 738. The molecule has 4 rings (SSSR count). The number of hydrogen-bond acceptors (Lipinski definition) is 5. The molecule has 3 aliphatic heterocycles. The monoisotopic (exact) mass is 385 g/mol. The lowest BCUT2D eigenvalue weighted by atomic mass is 9.95. The van der Waals surface area contributed by atoms with Crippen molar-refractivity contribution in [2.75, 3.05) is 32.7 Å². The van der Waals surface area contributed by atoms with E-state index < -0.39 is 0 Å². The summed E-state index contributed by atoms with van der Waals surface area (Å²) in [6.07, 6.45) is 6.97. The number of carbonyl (C=O) groups excluding carboxylic acids is 2. The summed E-state index contributed by atoms with van der Waals surface area (Å²) in [6.45, 7) is 8.70. The van der Waals surface area contributed by atoms with Gasteiger partial charge in [-0.05, 0) is 45.7 Å². The zero-order valence-electron chi connectivity index (χ0n) is 17.1. The highest BCUT2D eigenvalue weighted by atomic mass is 16.2. The Balaban J connectivity index is 1.35. The molecular formula is C21H31N5O2. The number of amides is 2. The van der Waals surface area contributed by atoms with Crippen molar-refractivity contribution in [3.63, 3.8) is 0 Å². The van der Waals surface area contributed by atoms with Gasteiger partial charge in [0.2, 0.25) is 11.8 Å². The molecule has 7 nitrogen and oxygen atoms in total. The van der Waals surface area contributed by atoms with E-state index in [9.17, 15) is 9.59 Å². The van der Waals surface area contributed by atoms with Gasteiger partial charge < -0.3 is 9.80 Å². The van der Waals surface area contributed by atoms with Crippen molar-refractivity contribution in [1.82, 2.24) is 24.7 Å². The smallest absolute Gasteiger partial charge is 0.239 e. The molecule has 1 aromatic heterocycles. The Morgan fingerprint density at radius 1 is 1.07 bits per heavy atom. The summed E-state index contributed by atoms with van der Waals surface area (Å²) in [4.78, 5) is 40.1. The van der Waals surface area contributed by atoms with Crippen LogP contribution in [0.1, 0.15) is 62.5 Å². The van der Waals surface area contributed by atoms with Crippen molar-refractivity contribution in [2.45, 2.75) is 64.5 Å². The number of hydrogen-bond donors (Lipinski definition) is 0. The Hall–Kier alpha value is -2.02. The quantitative estimate of drug-likeness (QED) is 0.790. The Kier molecular flexibility index (Phi) is 5.62. The molecule has 2 amide bonds. The van der Waals surface area contributed by atoms with Gasteiger partial charge in [-0.2, -0.15) is 0 Å². The third-order valence-corrected chi connectivity index (χ3v) is 6.62. The summed E-state index contributed by atoms with van der Waals surface area (Å²) in [5.41, 5.74) is 2.15. The minimum Gasteiger partial charge on any atom is -0.341 e. The first-order valence-electron chi connectivity index (χ1n) is 10.7. The Labute approximate surface area is 167 Å². The van der Waals surface area contributed by atoms with Crippen LogP contribution in [0.3, 0.4) is 0 Å². The summed E-state index contributed by atoms with van der Waals surface area (Å²) in [7, 11) is 0. The average Bonchev–Trinajstić information content (AvgIpc) is 3.27. The fourth-order valence-corrected chi connectivity index (χ4v) is 4.70. The van der Waals surface area contributed by atoms with Crippen LogP contribution in [-0.4, -0.2) is 75.2 Å². The zero-order valence-corrected chi connectivity index (χ0v) is 17.1. The van der Waals surface area contributed by atoms with Gasteiger partial charge in [0.1, 0.15) is 5.82 Å². The van der Waals surface area contributed by atoms with Crippen LogP contribution in [0.2, 0.25) is 0 Å². The molecule has 0 aromatic carbocycles. The average molecular weight is 386 g/mol.